The fraction of sp³-hybridized carbons (Fsp3) is 0.0667. The maximum atomic E-state index is 11.7. The molecule has 0 amide bonds. The standard InChI is InChI=1S/C15H9NO4/c17-11-6-20-14-7(11)4-5-10-12(14)8-2-1-3-9(15(18)19)13(8)16-10/h1-5,16H,6H2,(H,18,19). The fourth-order valence-electron chi connectivity index (χ4n) is 2.75. The molecule has 0 spiro atoms. The molecular weight excluding hydrogens is 258 g/mol. The first-order valence-corrected chi connectivity index (χ1v) is 6.13. The zero-order chi connectivity index (χ0) is 13.9. The van der Waals surface area contributed by atoms with Crippen molar-refractivity contribution in [2.24, 2.45) is 0 Å². The molecule has 0 unspecified atom stereocenters. The molecule has 0 atom stereocenters. The molecule has 0 radical (unpaired) electrons. The summed E-state index contributed by atoms with van der Waals surface area (Å²) in [6.07, 6.45) is 0. The van der Waals surface area contributed by atoms with Gasteiger partial charge in [-0.2, -0.15) is 0 Å². The topological polar surface area (TPSA) is 79.4 Å². The molecule has 5 nitrogen and oxygen atoms in total. The third-order valence-electron chi connectivity index (χ3n) is 3.63. The van der Waals surface area contributed by atoms with Gasteiger partial charge in [0, 0.05) is 5.39 Å². The first kappa shape index (κ1) is 11.0. The molecule has 0 bridgehead atoms. The Morgan fingerprint density at radius 2 is 2.10 bits per heavy atom. The van der Waals surface area contributed by atoms with Gasteiger partial charge in [0.1, 0.15) is 5.75 Å². The van der Waals surface area contributed by atoms with E-state index in [4.69, 9.17) is 4.74 Å². The summed E-state index contributed by atoms with van der Waals surface area (Å²) < 4.78 is 5.47. The third-order valence-corrected chi connectivity index (χ3v) is 3.63. The number of rotatable bonds is 1. The predicted molar refractivity (Wildman–Crippen MR) is 72.6 cm³/mol. The minimum absolute atomic E-state index is 0.0414. The molecule has 20 heavy (non-hydrogen) atoms. The molecule has 0 saturated carbocycles. The second-order valence-corrected chi connectivity index (χ2v) is 4.73. The van der Waals surface area contributed by atoms with Crippen LogP contribution >= 0.6 is 0 Å². The number of benzene rings is 2. The van der Waals surface area contributed by atoms with Crippen molar-refractivity contribution < 1.29 is 19.4 Å². The minimum atomic E-state index is -0.990. The Hall–Kier alpha value is -2.82. The van der Waals surface area contributed by atoms with Crippen molar-refractivity contribution in [2.45, 2.75) is 0 Å². The van der Waals surface area contributed by atoms with Gasteiger partial charge in [0.05, 0.1) is 27.5 Å². The van der Waals surface area contributed by atoms with Crippen LogP contribution in [0.25, 0.3) is 21.8 Å². The van der Waals surface area contributed by atoms with E-state index in [1.165, 1.54) is 0 Å². The second kappa shape index (κ2) is 3.60. The number of carboxylic acids is 1. The fourth-order valence-corrected chi connectivity index (χ4v) is 2.75. The van der Waals surface area contributed by atoms with Gasteiger partial charge in [-0.15, -0.1) is 0 Å². The molecule has 3 aromatic rings. The van der Waals surface area contributed by atoms with E-state index in [2.05, 4.69) is 4.98 Å². The summed E-state index contributed by atoms with van der Waals surface area (Å²) in [6.45, 7) is 0.0414. The molecule has 0 aliphatic carbocycles. The number of hydrogen-bond donors (Lipinski definition) is 2. The number of hydrogen-bond acceptors (Lipinski definition) is 3. The lowest BCUT2D eigenvalue weighted by atomic mass is 10.0. The average molecular weight is 267 g/mol. The van der Waals surface area contributed by atoms with Crippen molar-refractivity contribution in [1.29, 1.82) is 0 Å². The maximum Gasteiger partial charge on any atom is 0.337 e. The van der Waals surface area contributed by atoms with Crippen molar-refractivity contribution in [2.75, 3.05) is 6.61 Å². The highest BCUT2D eigenvalue weighted by Crippen LogP contribution is 2.39. The molecule has 1 aliphatic heterocycles. The van der Waals surface area contributed by atoms with Gasteiger partial charge < -0.3 is 14.8 Å². The summed E-state index contributed by atoms with van der Waals surface area (Å²) in [7, 11) is 0. The molecule has 98 valence electrons. The lowest BCUT2D eigenvalue weighted by molar-refractivity contribution is 0.0698. The monoisotopic (exact) mass is 267 g/mol. The number of fused-ring (bicyclic) bond motifs is 5. The van der Waals surface area contributed by atoms with Crippen LogP contribution < -0.4 is 4.74 Å². The first-order valence-electron chi connectivity index (χ1n) is 6.13. The van der Waals surface area contributed by atoms with Gasteiger partial charge in [-0.05, 0) is 18.2 Å². The van der Waals surface area contributed by atoms with Gasteiger partial charge in [-0.25, -0.2) is 4.79 Å². The number of carbonyl (C=O) groups is 2. The highest BCUT2D eigenvalue weighted by Gasteiger charge is 2.25. The highest BCUT2D eigenvalue weighted by atomic mass is 16.5. The number of aromatic amines is 1. The van der Waals surface area contributed by atoms with E-state index in [0.29, 0.717) is 16.8 Å². The Labute approximate surface area is 112 Å². The summed E-state index contributed by atoms with van der Waals surface area (Å²) in [5, 5.41) is 10.8. The normalized spacial score (nSPS) is 13.7. The smallest absolute Gasteiger partial charge is 0.337 e. The third kappa shape index (κ3) is 1.26. The van der Waals surface area contributed by atoms with Gasteiger partial charge in [-0.1, -0.05) is 12.1 Å². The number of aromatic carboxylic acids is 1. The molecule has 1 aromatic heterocycles. The number of ketones is 1. The van der Waals surface area contributed by atoms with Crippen LogP contribution in [0.2, 0.25) is 0 Å². The summed E-state index contributed by atoms with van der Waals surface area (Å²) in [5.74, 6) is -0.497. The van der Waals surface area contributed by atoms with Gasteiger partial charge in [0.25, 0.3) is 0 Å². The molecule has 2 aromatic carbocycles. The Kier molecular flexibility index (Phi) is 1.99. The van der Waals surface area contributed by atoms with Crippen LogP contribution in [0.5, 0.6) is 5.75 Å². The molecule has 5 heteroatoms. The Morgan fingerprint density at radius 3 is 2.90 bits per heavy atom. The molecular formula is C15H9NO4. The maximum absolute atomic E-state index is 11.7. The summed E-state index contributed by atoms with van der Waals surface area (Å²) in [4.78, 5) is 26.1. The number of ether oxygens (including phenoxy) is 1. The average Bonchev–Trinajstić information content (AvgIpc) is 2.98. The van der Waals surface area contributed by atoms with Crippen molar-refractivity contribution in [1.82, 2.24) is 4.98 Å². The lowest BCUT2D eigenvalue weighted by Crippen LogP contribution is -1.98. The molecule has 1 aliphatic rings. The molecule has 4 rings (SSSR count). The number of Topliss-reactive ketones (excluding diaryl/α,β-unsaturated/α-hetero) is 1. The second-order valence-electron chi connectivity index (χ2n) is 4.73. The van der Waals surface area contributed by atoms with Crippen LogP contribution in [-0.2, 0) is 0 Å². The van der Waals surface area contributed by atoms with Crippen molar-refractivity contribution in [3.8, 4) is 5.75 Å². The molecule has 2 heterocycles. The van der Waals surface area contributed by atoms with E-state index in [9.17, 15) is 14.7 Å². The molecule has 2 N–H and O–H groups in total. The number of carboxylic acid groups (broad SMARTS) is 1. The Morgan fingerprint density at radius 1 is 1.25 bits per heavy atom. The number of nitrogens with one attached hydrogen (secondary N) is 1. The largest absolute Gasteiger partial charge is 0.484 e. The van der Waals surface area contributed by atoms with Crippen LogP contribution in [0.3, 0.4) is 0 Å². The van der Waals surface area contributed by atoms with E-state index in [1.54, 1.807) is 24.3 Å². The molecule has 0 fully saturated rings. The van der Waals surface area contributed by atoms with E-state index >= 15 is 0 Å². The van der Waals surface area contributed by atoms with Gasteiger partial charge >= 0.3 is 5.97 Å². The number of carbonyl (C=O) groups excluding carboxylic acids is 1. The van der Waals surface area contributed by atoms with Gasteiger partial charge in [-0.3, -0.25) is 4.79 Å². The summed E-state index contributed by atoms with van der Waals surface area (Å²) in [5.41, 5.74) is 2.07. The van der Waals surface area contributed by atoms with E-state index in [1.807, 2.05) is 6.07 Å². The van der Waals surface area contributed by atoms with Crippen LogP contribution in [0.4, 0.5) is 0 Å². The Bertz CT molecular complexity index is 907. The van der Waals surface area contributed by atoms with Gasteiger partial charge in [0.15, 0.2) is 6.61 Å². The number of aromatic nitrogens is 1. The SMILES string of the molecule is O=C1COc2c1ccc1[nH]c3c(C(=O)O)cccc3c21. The predicted octanol–water partition coefficient (Wildman–Crippen LogP) is 2.59. The summed E-state index contributed by atoms with van der Waals surface area (Å²) in [6, 6.07) is 8.56. The van der Waals surface area contributed by atoms with Crippen molar-refractivity contribution in [3.63, 3.8) is 0 Å². The van der Waals surface area contributed by atoms with Gasteiger partial charge in [0.2, 0.25) is 5.78 Å². The zero-order valence-corrected chi connectivity index (χ0v) is 10.3. The van der Waals surface area contributed by atoms with E-state index in [-0.39, 0.29) is 18.0 Å². The van der Waals surface area contributed by atoms with Crippen LogP contribution in [0.15, 0.2) is 30.3 Å². The highest BCUT2D eigenvalue weighted by molar-refractivity contribution is 6.19. The zero-order valence-electron chi connectivity index (χ0n) is 10.3. The number of H-pyrrole nitrogens is 1. The van der Waals surface area contributed by atoms with E-state index < -0.39 is 5.97 Å². The van der Waals surface area contributed by atoms with Crippen molar-refractivity contribution >= 4 is 33.6 Å². The van der Waals surface area contributed by atoms with Crippen LogP contribution in [-0.4, -0.2) is 28.4 Å². The van der Waals surface area contributed by atoms with Crippen LogP contribution in [0, 0.1) is 0 Å². The quantitative estimate of drug-likeness (QED) is 0.710. The summed E-state index contributed by atoms with van der Waals surface area (Å²) >= 11 is 0. The first-order chi connectivity index (χ1) is 9.66. The van der Waals surface area contributed by atoms with E-state index in [0.717, 1.165) is 16.3 Å². The minimum Gasteiger partial charge on any atom is -0.484 e. The lowest BCUT2D eigenvalue weighted by Gasteiger charge is -2.00. The van der Waals surface area contributed by atoms with Crippen LogP contribution in [0.1, 0.15) is 20.7 Å². The number of para-hydroxylation sites is 1. The Balaban J connectivity index is 2.20. The van der Waals surface area contributed by atoms with Crippen molar-refractivity contribution in [3.05, 3.63) is 41.5 Å². The molecule has 0 saturated heterocycles.